The summed E-state index contributed by atoms with van der Waals surface area (Å²) in [4.78, 5) is 14.9. The molecule has 12 heteroatoms. The van der Waals surface area contributed by atoms with Crippen LogP contribution >= 0.6 is 0 Å². The summed E-state index contributed by atoms with van der Waals surface area (Å²) in [5.41, 5.74) is -0.237. The second kappa shape index (κ2) is 6.68. The summed E-state index contributed by atoms with van der Waals surface area (Å²) in [5, 5.41) is 0. The summed E-state index contributed by atoms with van der Waals surface area (Å²) in [6.45, 7) is 6.45. The first-order valence-corrected chi connectivity index (χ1v) is 7.42. The number of halogens is 6. The molecule has 0 radical (unpaired) electrons. The minimum absolute atomic E-state index is 0.237. The maximum absolute atomic E-state index is 12.5. The summed E-state index contributed by atoms with van der Waals surface area (Å²) >= 11 is 0. The van der Waals surface area contributed by atoms with Gasteiger partial charge in [-0.05, 0) is 20.8 Å². The van der Waals surface area contributed by atoms with E-state index in [1.165, 1.54) is 0 Å². The lowest BCUT2D eigenvalue weighted by atomic mass is 9.81. The average molecular weight is 360 g/mol. The monoisotopic (exact) mass is 360 g/mol. The molecule has 1 aliphatic heterocycles. The Bertz CT molecular complexity index is 440. The maximum Gasteiger partial charge on any atom is 0.434 e. The van der Waals surface area contributed by atoms with Crippen LogP contribution in [0.2, 0.25) is 0 Å². The van der Waals surface area contributed by atoms with Gasteiger partial charge in [-0.2, -0.15) is 26.3 Å². The molecule has 2 atom stereocenters. The Morgan fingerprint density at radius 1 is 1.00 bits per heavy atom. The molecule has 1 rings (SSSR count). The van der Waals surface area contributed by atoms with Crippen LogP contribution in [-0.2, 0) is 4.74 Å². The van der Waals surface area contributed by atoms with Gasteiger partial charge < -0.3 is 9.64 Å². The highest BCUT2D eigenvalue weighted by atomic mass is 19.4. The van der Waals surface area contributed by atoms with Crippen molar-refractivity contribution in [2.24, 2.45) is 0 Å². The van der Waals surface area contributed by atoms with Crippen molar-refractivity contribution in [3.63, 3.8) is 0 Å². The van der Waals surface area contributed by atoms with Crippen molar-refractivity contribution in [2.75, 3.05) is 13.1 Å². The van der Waals surface area contributed by atoms with E-state index in [2.05, 4.69) is 4.74 Å². The molecule has 24 heavy (non-hydrogen) atoms. The molecule has 1 aliphatic rings. The van der Waals surface area contributed by atoms with Gasteiger partial charge >= 0.3 is 18.4 Å². The molecule has 2 unspecified atom stereocenters. The van der Waals surface area contributed by atoms with Gasteiger partial charge in [-0.3, -0.25) is 4.90 Å². The molecule has 0 N–H and O–H groups in total. The minimum atomic E-state index is -5.71. The Hall–Kier alpha value is -1.06. The predicted octanol–water partition coefficient (Wildman–Crippen LogP) is 0.951. The first-order chi connectivity index (χ1) is 10.5. The quantitative estimate of drug-likeness (QED) is 0.516. The van der Waals surface area contributed by atoms with E-state index < -0.39 is 36.4 Å². The fraction of sp³-hybridized carbons (Fsp3) is 0.917. The lowest BCUT2D eigenvalue weighted by Gasteiger charge is -2.49. The first-order valence-electron chi connectivity index (χ1n) is 7.42. The first kappa shape index (κ1) is 21.0. The van der Waals surface area contributed by atoms with Gasteiger partial charge in [0.2, 0.25) is 0 Å². The van der Waals surface area contributed by atoms with E-state index in [9.17, 15) is 31.1 Å². The third-order valence-electron chi connectivity index (χ3n) is 3.89. The molecule has 0 bridgehead atoms. The average Bonchev–Trinajstić information content (AvgIpc) is 2.31. The van der Waals surface area contributed by atoms with Gasteiger partial charge in [-0.25, -0.2) is 4.79 Å². The van der Waals surface area contributed by atoms with Crippen molar-refractivity contribution in [3.05, 3.63) is 0 Å². The Morgan fingerprint density at radius 3 is 1.67 bits per heavy atom. The van der Waals surface area contributed by atoms with E-state index in [0.29, 0.717) is 13.1 Å². The second-order valence-electron chi connectivity index (χ2n) is 7.03. The molecule has 0 spiro atoms. The van der Waals surface area contributed by atoms with Crippen molar-refractivity contribution >= 4 is 21.8 Å². The summed E-state index contributed by atoms with van der Waals surface area (Å²) in [6.07, 6.45) is -17.2. The number of nitrogens with zero attached hydrogens (tertiary/aromatic N) is 2. The van der Waals surface area contributed by atoms with Crippen LogP contribution in [0.25, 0.3) is 0 Å². The van der Waals surface area contributed by atoms with Gasteiger partial charge in [-0.15, -0.1) is 0 Å². The smallest absolute Gasteiger partial charge is 0.426 e. The Morgan fingerprint density at radius 2 is 1.38 bits per heavy atom. The topological polar surface area (TPSA) is 32.8 Å². The van der Waals surface area contributed by atoms with Gasteiger partial charge in [0.15, 0.2) is 0 Å². The molecule has 1 amide bonds. The van der Waals surface area contributed by atoms with E-state index in [1.54, 1.807) is 15.7 Å². The highest BCUT2D eigenvalue weighted by molar-refractivity contribution is 6.17. The number of amides is 1. The number of hydrogen-bond acceptors (Lipinski definition) is 3. The zero-order valence-electron chi connectivity index (χ0n) is 14.1. The molecular weight excluding hydrogens is 340 g/mol. The molecule has 0 aromatic rings. The van der Waals surface area contributed by atoms with E-state index in [-0.39, 0.29) is 5.54 Å². The van der Waals surface area contributed by atoms with Crippen LogP contribution in [0.5, 0.6) is 0 Å². The summed E-state index contributed by atoms with van der Waals surface area (Å²) in [6, 6.07) is 0. The van der Waals surface area contributed by atoms with Crippen LogP contribution in [0.1, 0.15) is 20.8 Å². The van der Waals surface area contributed by atoms with Crippen molar-refractivity contribution in [1.29, 1.82) is 0 Å². The maximum atomic E-state index is 12.5. The van der Waals surface area contributed by atoms with Gasteiger partial charge in [0.25, 0.3) is 6.10 Å². The molecule has 1 saturated heterocycles. The van der Waals surface area contributed by atoms with Crippen molar-refractivity contribution < 1.29 is 35.9 Å². The Kier molecular flexibility index (Phi) is 5.84. The standard InChI is InChI=1S/C12H20B2F6N2O2/c1-10(2,3)21-4-6(13)22(7(14)5-21)9(23)24-8(11(15,16)17)12(18,19)20/h6-8H,4-5,13-14H2,1-3H3. The molecular formula is C12H20B2F6N2O2. The van der Waals surface area contributed by atoms with Crippen molar-refractivity contribution in [2.45, 2.75) is 56.6 Å². The lowest BCUT2D eigenvalue weighted by Crippen LogP contribution is -2.65. The molecule has 4 nitrogen and oxygen atoms in total. The molecule has 138 valence electrons. The largest absolute Gasteiger partial charge is 0.434 e. The Labute approximate surface area is 138 Å². The number of alkyl halides is 6. The summed E-state index contributed by atoms with van der Waals surface area (Å²) in [7, 11) is 3.12. The van der Waals surface area contributed by atoms with E-state index in [0.717, 1.165) is 4.90 Å². The van der Waals surface area contributed by atoms with Gasteiger partial charge in [0.05, 0.1) is 0 Å². The minimum Gasteiger partial charge on any atom is -0.426 e. The third-order valence-corrected chi connectivity index (χ3v) is 3.89. The van der Waals surface area contributed by atoms with Crippen LogP contribution in [0.15, 0.2) is 0 Å². The second-order valence-corrected chi connectivity index (χ2v) is 7.03. The predicted molar refractivity (Wildman–Crippen MR) is 80.2 cm³/mol. The van der Waals surface area contributed by atoms with Crippen LogP contribution in [0.4, 0.5) is 31.1 Å². The molecule has 1 fully saturated rings. The fourth-order valence-electron chi connectivity index (χ4n) is 2.71. The lowest BCUT2D eigenvalue weighted by molar-refractivity contribution is -0.308. The number of rotatable bonds is 1. The SMILES string of the molecule is BC1CN(C(C)(C)C)CC(B)N1C(=O)OC(C(F)(F)F)C(F)(F)F. The number of carbonyl (C=O) groups is 1. The molecule has 0 aliphatic carbocycles. The highest BCUT2D eigenvalue weighted by Crippen LogP contribution is 2.36. The normalized spacial score (nSPS) is 24.3. The highest BCUT2D eigenvalue weighted by Gasteiger charge is 2.60. The fourth-order valence-corrected chi connectivity index (χ4v) is 2.71. The van der Waals surface area contributed by atoms with Gasteiger partial charge in [-0.1, -0.05) is 0 Å². The molecule has 0 aromatic heterocycles. The van der Waals surface area contributed by atoms with Crippen LogP contribution in [0.3, 0.4) is 0 Å². The molecule has 1 heterocycles. The number of ether oxygens (including phenoxy) is 1. The Balaban J connectivity index is 2.91. The van der Waals surface area contributed by atoms with Crippen molar-refractivity contribution in [1.82, 2.24) is 9.80 Å². The summed E-state index contributed by atoms with van der Waals surface area (Å²) in [5.74, 6) is -1.16. The van der Waals surface area contributed by atoms with Crippen LogP contribution in [0, 0.1) is 0 Å². The third kappa shape index (κ3) is 4.97. The summed E-state index contributed by atoms with van der Waals surface area (Å²) < 4.78 is 79.0. The van der Waals surface area contributed by atoms with E-state index >= 15 is 0 Å². The number of hydrogen-bond donors (Lipinski definition) is 0. The molecule has 0 aromatic carbocycles. The number of carbonyl (C=O) groups excluding carboxylic acids is 1. The van der Waals surface area contributed by atoms with Gasteiger partial charge in [0, 0.05) is 30.5 Å². The zero-order chi connectivity index (χ0) is 19.1. The molecule has 0 saturated carbocycles. The van der Waals surface area contributed by atoms with E-state index in [4.69, 9.17) is 0 Å². The van der Waals surface area contributed by atoms with Crippen LogP contribution in [-0.4, -0.2) is 80.6 Å². The van der Waals surface area contributed by atoms with E-state index in [1.807, 2.05) is 25.7 Å². The van der Waals surface area contributed by atoms with Gasteiger partial charge in [0.1, 0.15) is 15.7 Å². The number of piperazine rings is 1. The van der Waals surface area contributed by atoms with Crippen LogP contribution < -0.4 is 0 Å². The zero-order valence-corrected chi connectivity index (χ0v) is 14.1. The van der Waals surface area contributed by atoms with Crippen molar-refractivity contribution in [3.8, 4) is 0 Å².